The van der Waals surface area contributed by atoms with E-state index < -0.39 is 0 Å². The van der Waals surface area contributed by atoms with Crippen LogP contribution < -0.4 is 0 Å². The molecule has 0 spiro atoms. The van der Waals surface area contributed by atoms with Gasteiger partial charge in [-0.1, -0.05) is 54.7 Å². The molecule has 0 amide bonds. The summed E-state index contributed by atoms with van der Waals surface area (Å²) in [7, 11) is 0. The highest BCUT2D eigenvalue weighted by atomic mass is 16.1. The van der Waals surface area contributed by atoms with Crippen molar-refractivity contribution in [2.45, 2.75) is 26.7 Å². The predicted octanol–water partition coefficient (Wildman–Crippen LogP) is 4.38. The number of benzene rings is 2. The van der Waals surface area contributed by atoms with Crippen molar-refractivity contribution in [3.63, 3.8) is 0 Å². The first-order valence-electron chi connectivity index (χ1n) is 6.91. The van der Waals surface area contributed by atoms with Crippen molar-refractivity contribution >= 4 is 5.78 Å². The van der Waals surface area contributed by atoms with Gasteiger partial charge in [-0.15, -0.1) is 0 Å². The van der Waals surface area contributed by atoms with E-state index in [0.29, 0.717) is 6.42 Å². The monoisotopic (exact) mass is 262 g/mol. The SMILES string of the molecule is CCCC(=O)c1ccccc1C#Cc1ccc(C)cc1. The molecule has 0 heterocycles. The zero-order valence-electron chi connectivity index (χ0n) is 11.9. The van der Waals surface area contributed by atoms with Gasteiger partial charge in [0.05, 0.1) is 0 Å². The highest BCUT2D eigenvalue weighted by molar-refractivity contribution is 5.98. The molecular formula is C19H18O. The Morgan fingerprint density at radius 3 is 2.40 bits per heavy atom. The number of ketones is 1. The molecule has 20 heavy (non-hydrogen) atoms. The number of carbonyl (C=O) groups is 1. The maximum absolute atomic E-state index is 12.1. The zero-order valence-corrected chi connectivity index (χ0v) is 11.9. The molecule has 2 aromatic carbocycles. The van der Waals surface area contributed by atoms with Crippen LogP contribution in [0.15, 0.2) is 48.5 Å². The molecule has 0 unspecified atom stereocenters. The molecule has 1 heteroatoms. The fourth-order valence-electron chi connectivity index (χ4n) is 1.97. The van der Waals surface area contributed by atoms with E-state index in [2.05, 4.69) is 18.8 Å². The molecule has 0 aliphatic carbocycles. The van der Waals surface area contributed by atoms with Crippen LogP contribution in [0.4, 0.5) is 0 Å². The first-order chi connectivity index (χ1) is 9.70. The molecule has 0 aliphatic heterocycles. The lowest BCUT2D eigenvalue weighted by Crippen LogP contribution is -2.01. The highest BCUT2D eigenvalue weighted by Gasteiger charge is 2.07. The maximum atomic E-state index is 12.1. The number of aryl methyl sites for hydroxylation is 1. The second-order valence-corrected chi connectivity index (χ2v) is 4.83. The Morgan fingerprint density at radius 1 is 1.00 bits per heavy atom. The van der Waals surface area contributed by atoms with E-state index in [0.717, 1.165) is 23.1 Å². The summed E-state index contributed by atoms with van der Waals surface area (Å²) in [6.07, 6.45) is 1.43. The molecular weight excluding hydrogens is 244 g/mol. The minimum Gasteiger partial charge on any atom is -0.294 e. The first kappa shape index (κ1) is 14.1. The van der Waals surface area contributed by atoms with Gasteiger partial charge in [0.2, 0.25) is 0 Å². The third-order valence-corrected chi connectivity index (χ3v) is 3.10. The Bertz CT molecular complexity index is 654. The third kappa shape index (κ3) is 3.59. The lowest BCUT2D eigenvalue weighted by atomic mass is 10.0. The van der Waals surface area contributed by atoms with Crippen molar-refractivity contribution in [3.05, 3.63) is 70.8 Å². The van der Waals surface area contributed by atoms with Gasteiger partial charge in [0.15, 0.2) is 5.78 Å². The Labute approximate surface area is 120 Å². The second-order valence-electron chi connectivity index (χ2n) is 4.83. The normalized spacial score (nSPS) is 9.70. The lowest BCUT2D eigenvalue weighted by Gasteiger charge is -2.02. The van der Waals surface area contributed by atoms with Crippen molar-refractivity contribution in [1.29, 1.82) is 0 Å². The van der Waals surface area contributed by atoms with Crippen molar-refractivity contribution < 1.29 is 4.79 Å². The summed E-state index contributed by atoms with van der Waals surface area (Å²) in [5.74, 6) is 6.41. The molecule has 0 fully saturated rings. The summed E-state index contributed by atoms with van der Waals surface area (Å²) >= 11 is 0. The van der Waals surface area contributed by atoms with E-state index in [4.69, 9.17) is 0 Å². The van der Waals surface area contributed by atoms with Crippen molar-refractivity contribution in [1.82, 2.24) is 0 Å². The Hall–Kier alpha value is -2.33. The number of rotatable bonds is 3. The van der Waals surface area contributed by atoms with E-state index in [9.17, 15) is 4.79 Å². The fourth-order valence-corrected chi connectivity index (χ4v) is 1.97. The van der Waals surface area contributed by atoms with Crippen LogP contribution in [-0.2, 0) is 0 Å². The minimum absolute atomic E-state index is 0.168. The summed E-state index contributed by atoms with van der Waals surface area (Å²) in [6, 6.07) is 15.6. The molecule has 0 saturated heterocycles. The number of hydrogen-bond donors (Lipinski definition) is 0. The van der Waals surface area contributed by atoms with Gasteiger partial charge in [-0.2, -0.15) is 0 Å². The summed E-state index contributed by atoms with van der Waals surface area (Å²) < 4.78 is 0. The molecule has 0 aromatic heterocycles. The molecule has 2 aromatic rings. The van der Waals surface area contributed by atoms with Gasteiger partial charge < -0.3 is 0 Å². The van der Waals surface area contributed by atoms with Crippen LogP contribution in [0.1, 0.15) is 46.8 Å². The predicted molar refractivity (Wildman–Crippen MR) is 82.8 cm³/mol. The van der Waals surface area contributed by atoms with Crippen LogP contribution in [0.2, 0.25) is 0 Å². The average Bonchev–Trinajstić information content (AvgIpc) is 2.47. The molecule has 0 N–H and O–H groups in total. The van der Waals surface area contributed by atoms with Crippen LogP contribution in [-0.4, -0.2) is 5.78 Å². The zero-order chi connectivity index (χ0) is 14.4. The summed E-state index contributed by atoms with van der Waals surface area (Å²) in [5, 5.41) is 0. The van der Waals surface area contributed by atoms with Crippen molar-refractivity contribution in [2.24, 2.45) is 0 Å². The Kier molecular flexibility index (Phi) is 4.74. The maximum Gasteiger partial charge on any atom is 0.164 e. The van der Waals surface area contributed by atoms with Crippen LogP contribution in [0.5, 0.6) is 0 Å². The molecule has 0 aliphatic rings. The number of carbonyl (C=O) groups excluding carboxylic acids is 1. The largest absolute Gasteiger partial charge is 0.294 e. The van der Waals surface area contributed by atoms with Gasteiger partial charge in [0.1, 0.15) is 0 Å². The van der Waals surface area contributed by atoms with Crippen molar-refractivity contribution in [2.75, 3.05) is 0 Å². The van der Waals surface area contributed by atoms with Gasteiger partial charge in [-0.3, -0.25) is 4.79 Å². The van der Waals surface area contributed by atoms with Gasteiger partial charge in [0.25, 0.3) is 0 Å². The second kappa shape index (κ2) is 6.73. The number of Topliss-reactive ketones (excluding diaryl/α,β-unsaturated/α-hetero) is 1. The highest BCUT2D eigenvalue weighted by Crippen LogP contribution is 2.11. The Balaban J connectivity index is 2.30. The lowest BCUT2D eigenvalue weighted by molar-refractivity contribution is 0.0981. The quantitative estimate of drug-likeness (QED) is 0.592. The number of hydrogen-bond acceptors (Lipinski definition) is 1. The third-order valence-electron chi connectivity index (χ3n) is 3.10. The first-order valence-corrected chi connectivity index (χ1v) is 6.91. The summed E-state index contributed by atoms with van der Waals surface area (Å²) in [4.78, 5) is 12.1. The van der Waals surface area contributed by atoms with Gasteiger partial charge in [-0.05, 0) is 31.5 Å². The summed E-state index contributed by atoms with van der Waals surface area (Å²) in [5.41, 5.74) is 3.72. The molecule has 0 bridgehead atoms. The fraction of sp³-hybridized carbons (Fsp3) is 0.211. The molecule has 2 rings (SSSR count). The van der Waals surface area contributed by atoms with Crippen LogP contribution in [0, 0.1) is 18.8 Å². The van der Waals surface area contributed by atoms with E-state index >= 15 is 0 Å². The molecule has 0 atom stereocenters. The topological polar surface area (TPSA) is 17.1 Å². The van der Waals surface area contributed by atoms with Crippen LogP contribution >= 0.6 is 0 Å². The molecule has 0 radical (unpaired) electrons. The minimum atomic E-state index is 0.168. The smallest absolute Gasteiger partial charge is 0.164 e. The van der Waals surface area contributed by atoms with Crippen LogP contribution in [0.3, 0.4) is 0 Å². The molecule has 100 valence electrons. The van der Waals surface area contributed by atoms with E-state index in [1.54, 1.807) is 0 Å². The van der Waals surface area contributed by atoms with Gasteiger partial charge in [-0.25, -0.2) is 0 Å². The summed E-state index contributed by atoms with van der Waals surface area (Å²) in [6.45, 7) is 4.06. The molecule has 1 nitrogen and oxygen atoms in total. The van der Waals surface area contributed by atoms with E-state index in [1.165, 1.54) is 5.56 Å². The molecule has 0 saturated carbocycles. The van der Waals surface area contributed by atoms with Crippen LogP contribution in [0.25, 0.3) is 0 Å². The standard InChI is InChI=1S/C19H18O/c1-3-6-19(20)18-8-5-4-7-17(18)14-13-16-11-9-15(2)10-12-16/h4-5,7-12H,3,6H2,1-2H3. The van der Waals surface area contributed by atoms with E-state index in [1.807, 2.05) is 55.5 Å². The average molecular weight is 262 g/mol. The van der Waals surface area contributed by atoms with Crippen molar-refractivity contribution in [3.8, 4) is 11.8 Å². The Morgan fingerprint density at radius 2 is 1.70 bits per heavy atom. The van der Waals surface area contributed by atoms with Gasteiger partial charge >= 0.3 is 0 Å². The van der Waals surface area contributed by atoms with E-state index in [-0.39, 0.29) is 5.78 Å². The van der Waals surface area contributed by atoms with Gasteiger partial charge in [0, 0.05) is 23.1 Å².